The van der Waals surface area contributed by atoms with E-state index in [1.807, 2.05) is 47.0 Å². The van der Waals surface area contributed by atoms with Crippen LogP contribution >= 0.6 is 0 Å². The summed E-state index contributed by atoms with van der Waals surface area (Å²) in [5, 5.41) is 23.3. The van der Waals surface area contributed by atoms with E-state index in [0.29, 0.717) is 5.56 Å². The van der Waals surface area contributed by atoms with Crippen LogP contribution in [0.4, 0.5) is 0 Å². The number of hydrogen-bond donors (Lipinski definition) is 1. The maximum absolute atomic E-state index is 11.2. The first-order chi connectivity index (χ1) is 13.2. The first kappa shape index (κ1) is 16.6. The van der Waals surface area contributed by atoms with Gasteiger partial charge in [-0.3, -0.25) is 0 Å². The molecule has 0 saturated heterocycles. The topological polar surface area (TPSA) is 78.4 Å². The van der Waals surface area contributed by atoms with Crippen molar-refractivity contribution in [2.75, 3.05) is 0 Å². The second kappa shape index (κ2) is 6.77. The van der Waals surface area contributed by atoms with Crippen molar-refractivity contribution in [1.29, 1.82) is 5.26 Å². The van der Waals surface area contributed by atoms with Gasteiger partial charge >= 0.3 is 0 Å². The Labute approximate surface area is 155 Å². The lowest BCUT2D eigenvalue weighted by Crippen LogP contribution is -1.99. The highest BCUT2D eigenvalue weighted by Gasteiger charge is 2.21. The van der Waals surface area contributed by atoms with Crippen LogP contribution in [0.2, 0.25) is 0 Å². The molecule has 1 heterocycles. The van der Waals surface area contributed by atoms with E-state index in [4.69, 9.17) is 0 Å². The molecule has 0 spiro atoms. The van der Waals surface area contributed by atoms with Gasteiger partial charge in [0, 0.05) is 22.2 Å². The molecular weight excluding hydrogens is 338 g/mol. The number of nitrogens with zero attached hydrogens (tertiary/aromatic N) is 3. The summed E-state index contributed by atoms with van der Waals surface area (Å²) in [5.41, 5.74) is 4.53. The second-order valence-electron chi connectivity index (χ2n) is 6.14. The van der Waals surface area contributed by atoms with Crippen molar-refractivity contribution < 1.29 is 5.11 Å². The maximum atomic E-state index is 11.2. The van der Waals surface area contributed by atoms with Gasteiger partial charge in [-0.15, -0.1) is 0 Å². The largest absolute Gasteiger partial charge is 0.508 e. The summed E-state index contributed by atoms with van der Waals surface area (Å²) in [7, 11) is 0. The van der Waals surface area contributed by atoms with E-state index in [9.17, 15) is 15.3 Å². The van der Waals surface area contributed by atoms with Gasteiger partial charge in [-0.2, -0.15) is 10.2 Å². The maximum Gasteiger partial charge on any atom is 0.115 e. The van der Waals surface area contributed by atoms with Crippen molar-refractivity contribution in [3.05, 3.63) is 88.8 Å². The Bertz CT molecular complexity index is 1180. The highest BCUT2D eigenvalue weighted by Crippen LogP contribution is 2.38. The number of aromatic nitrogens is 1. The fraction of sp³-hybridized carbons (Fsp3) is 0.0455. The molecule has 0 atom stereocenters. The third-order valence-electron chi connectivity index (χ3n) is 4.61. The van der Waals surface area contributed by atoms with Crippen LogP contribution in [-0.4, -0.2) is 9.67 Å². The monoisotopic (exact) mass is 353 g/mol. The highest BCUT2D eigenvalue weighted by molar-refractivity contribution is 5.94. The van der Waals surface area contributed by atoms with E-state index < -0.39 is 0 Å². The molecule has 1 N–H and O–H groups in total. The van der Waals surface area contributed by atoms with E-state index in [1.165, 1.54) is 0 Å². The Hall–Kier alpha value is -3.91. The Morgan fingerprint density at radius 3 is 2.41 bits per heavy atom. The van der Waals surface area contributed by atoms with Crippen LogP contribution < -0.4 is 0 Å². The number of nitroso groups, excluding NO2 is 1. The van der Waals surface area contributed by atoms with Crippen molar-refractivity contribution in [2.45, 2.75) is 6.54 Å². The number of aromatic hydroxyl groups is 1. The summed E-state index contributed by atoms with van der Waals surface area (Å²) < 4.78 is 2.01. The van der Waals surface area contributed by atoms with Gasteiger partial charge in [-0.1, -0.05) is 41.6 Å². The zero-order chi connectivity index (χ0) is 18.8. The van der Waals surface area contributed by atoms with Crippen LogP contribution in [0, 0.1) is 16.2 Å². The quantitative estimate of drug-likeness (QED) is 0.516. The fourth-order valence-corrected chi connectivity index (χ4v) is 3.47. The molecule has 0 bridgehead atoms. The minimum atomic E-state index is 0.000688. The smallest absolute Gasteiger partial charge is 0.115 e. The molecule has 0 saturated carbocycles. The summed E-state index contributed by atoms with van der Waals surface area (Å²) in [6.45, 7) is 0.000688. The van der Waals surface area contributed by atoms with E-state index in [2.05, 4.69) is 11.2 Å². The van der Waals surface area contributed by atoms with Crippen LogP contribution in [0.25, 0.3) is 27.8 Å². The van der Waals surface area contributed by atoms with Crippen LogP contribution in [0.3, 0.4) is 0 Å². The number of benzene rings is 3. The molecule has 0 unspecified atom stereocenters. The zero-order valence-corrected chi connectivity index (χ0v) is 14.3. The van der Waals surface area contributed by atoms with Crippen LogP contribution in [0.15, 0.2) is 78.0 Å². The van der Waals surface area contributed by atoms with Gasteiger partial charge < -0.3 is 9.67 Å². The molecule has 4 rings (SSSR count). The highest BCUT2D eigenvalue weighted by atomic mass is 16.3. The van der Waals surface area contributed by atoms with Crippen LogP contribution in [-0.2, 0) is 6.54 Å². The average Bonchev–Trinajstić information content (AvgIpc) is 3.03. The standard InChI is InChI=1S/C22H15N3O2/c23-13-15-5-1-2-6-18(15)22-20(14-24-27)19-7-3-4-8-21(19)25(22)16-9-11-17(26)12-10-16/h1-12,26H,14H2. The molecule has 0 aliphatic carbocycles. The molecule has 5 heteroatoms. The minimum Gasteiger partial charge on any atom is -0.508 e. The van der Waals surface area contributed by atoms with E-state index in [-0.39, 0.29) is 12.3 Å². The fourth-order valence-electron chi connectivity index (χ4n) is 3.47. The second-order valence-corrected chi connectivity index (χ2v) is 6.14. The molecular formula is C22H15N3O2. The lowest BCUT2D eigenvalue weighted by atomic mass is 10.0. The number of hydrogen-bond acceptors (Lipinski definition) is 4. The van der Waals surface area contributed by atoms with Gasteiger partial charge in [0.05, 0.1) is 22.8 Å². The molecule has 1 aromatic heterocycles. The zero-order valence-electron chi connectivity index (χ0n) is 14.3. The van der Waals surface area contributed by atoms with Gasteiger partial charge in [0.1, 0.15) is 12.3 Å². The van der Waals surface area contributed by atoms with Gasteiger partial charge in [-0.25, -0.2) is 0 Å². The lowest BCUT2D eigenvalue weighted by molar-refractivity contribution is 0.475. The lowest BCUT2D eigenvalue weighted by Gasteiger charge is -2.13. The average molecular weight is 353 g/mol. The predicted octanol–water partition coefficient (Wildman–Crippen LogP) is 5.14. The van der Waals surface area contributed by atoms with Crippen molar-refractivity contribution in [3.63, 3.8) is 0 Å². The number of rotatable bonds is 4. The van der Waals surface area contributed by atoms with E-state index in [0.717, 1.165) is 33.4 Å². The molecule has 5 nitrogen and oxygen atoms in total. The number of para-hydroxylation sites is 1. The van der Waals surface area contributed by atoms with Crippen molar-refractivity contribution >= 4 is 10.9 Å². The molecule has 0 aliphatic rings. The SMILES string of the molecule is N#Cc1ccccc1-c1c(CN=O)c2ccccc2n1-c1ccc(O)cc1. The van der Waals surface area contributed by atoms with Crippen molar-refractivity contribution in [1.82, 2.24) is 4.57 Å². The number of nitriles is 1. The Balaban J connectivity index is 2.17. The Morgan fingerprint density at radius 2 is 1.67 bits per heavy atom. The molecule has 0 aliphatic heterocycles. The molecule has 0 radical (unpaired) electrons. The first-order valence-electron chi connectivity index (χ1n) is 8.45. The number of phenols is 1. The van der Waals surface area contributed by atoms with Gasteiger partial charge in [-0.05, 0) is 36.4 Å². The molecule has 27 heavy (non-hydrogen) atoms. The minimum absolute atomic E-state index is 0.000688. The molecule has 4 aromatic rings. The number of phenolic OH excluding ortho intramolecular Hbond substituents is 1. The summed E-state index contributed by atoms with van der Waals surface area (Å²) in [6, 6.07) is 24.1. The normalized spacial score (nSPS) is 10.6. The third-order valence-corrected chi connectivity index (χ3v) is 4.61. The van der Waals surface area contributed by atoms with Gasteiger partial charge in [0.25, 0.3) is 0 Å². The van der Waals surface area contributed by atoms with E-state index in [1.54, 1.807) is 30.3 Å². The molecule has 0 amide bonds. The summed E-state index contributed by atoms with van der Waals surface area (Å²) in [4.78, 5) is 11.2. The Morgan fingerprint density at radius 1 is 0.963 bits per heavy atom. The molecule has 130 valence electrons. The third kappa shape index (κ3) is 2.74. The van der Waals surface area contributed by atoms with Crippen molar-refractivity contribution in [3.8, 4) is 28.8 Å². The molecule has 3 aromatic carbocycles. The summed E-state index contributed by atoms with van der Waals surface area (Å²) in [5.74, 6) is 0.170. The summed E-state index contributed by atoms with van der Waals surface area (Å²) in [6.07, 6.45) is 0. The predicted molar refractivity (Wildman–Crippen MR) is 105 cm³/mol. The Kier molecular flexibility index (Phi) is 4.15. The van der Waals surface area contributed by atoms with Crippen LogP contribution in [0.5, 0.6) is 5.75 Å². The van der Waals surface area contributed by atoms with E-state index >= 15 is 0 Å². The van der Waals surface area contributed by atoms with Gasteiger partial charge in [0.2, 0.25) is 0 Å². The van der Waals surface area contributed by atoms with Crippen molar-refractivity contribution in [2.24, 2.45) is 5.18 Å². The molecule has 0 fully saturated rings. The summed E-state index contributed by atoms with van der Waals surface area (Å²) >= 11 is 0. The number of fused-ring (bicyclic) bond motifs is 1. The van der Waals surface area contributed by atoms with Gasteiger partial charge in [0.15, 0.2) is 0 Å². The first-order valence-corrected chi connectivity index (χ1v) is 8.45. The van der Waals surface area contributed by atoms with Crippen LogP contribution in [0.1, 0.15) is 11.1 Å².